The first-order valence-corrected chi connectivity index (χ1v) is 3.89. The number of hydrogen-bond donors (Lipinski definition) is 1. The van der Waals surface area contributed by atoms with Crippen molar-refractivity contribution < 1.29 is 0 Å². The molecule has 11 heavy (non-hydrogen) atoms. The van der Waals surface area contributed by atoms with E-state index in [0.29, 0.717) is 5.92 Å². The minimum atomic E-state index is 0.572. The number of rotatable bonds is 3. The van der Waals surface area contributed by atoms with Gasteiger partial charge in [0.15, 0.2) is 0 Å². The summed E-state index contributed by atoms with van der Waals surface area (Å²) in [4.78, 5) is 3.97. The number of aromatic nitrogens is 1. The molecule has 0 radical (unpaired) electrons. The van der Waals surface area contributed by atoms with Crippen LogP contribution in [0.1, 0.15) is 18.4 Å². The van der Waals surface area contributed by atoms with E-state index in [0.717, 1.165) is 6.54 Å². The summed E-state index contributed by atoms with van der Waals surface area (Å²) in [6.45, 7) is 3.22. The molecule has 1 N–H and O–H groups in total. The zero-order valence-electron chi connectivity index (χ0n) is 7.04. The molecule has 1 rings (SSSR count). The Hall–Kier alpha value is -0.890. The summed E-state index contributed by atoms with van der Waals surface area (Å²) in [5.74, 6) is 0.572. The van der Waals surface area contributed by atoms with Crippen molar-refractivity contribution >= 4 is 0 Å². The highest BCUT2D eigenvalue weighted by atomic mass is 14.8. The molecule has 0 amide bonds. The highest BCUT2D eigenvalue weighted by Crippen LogP contribution is 2.11. The molecule has 0 aliphatic carbocycles. The maximum Gasteiger partial charge on any atom is 0.0270 e. The molecule has 0 aliphatic rings. The molecule has 0 aliphatic heterocycles. The SMILES string of the molecule is CNCC(C)c1ccncc1. The number of nitrogens with zero attached hydrogens (tertiary/aromatic N) is 1. The molecule has 1 unspecified atom stereocenters. The number of likely N-dealkylation sites (N-methyl/N-ethyl adjacent to an activating group) is 1. The Morgan fingerprint density at radius 3 is 2.64 bits per heavy atom. The minimum absolute atomic E-state index is 0.572. The highest BCUT2D eigenvalue weighted by molar-refractivity contribution is 5.14. The second-order valence-corrected chi connectivity index (χ2v) is 2.74. The topological polar surface area (TPSA) is 24.9 Å². The molecule has 0 saturated heterocycles. The smallest absolute Gasteiger partial charge is 0.0270 e. The minimum Gasteiger partial charge on any atom is -0.319 e. The number of pyridine rings is 1. The number of hydrogen-bond acceptors (Lipinski definition) is 2. The Morgan fingerprint density at radius 2 is 2.09 bits per heavy atom. The fourth-order valence-corrected chi connectivity index (χ4v) is 1.12. The zero-order valence-corrected chi connectivity index (χ0v) is 7.04. The lowest BCUT2D eigenvalue weighted by atomic mass is 10.0. The van der Waals surface area contributed by atoms with E-state index in [1.54, 1.807) is 0 Å². The molecule has 2 nitrogen and oxygen atoms in total. The van der Waals surface area contributed by atoms with Gasteiger partial charge >= 0.3 is 0 Å². The molecule has 0 saturated carbocycles. The van der Waals surface area contributed by atoms with Crippen LogP contribution in [0.5, 0.6) is 0 Å². The Kier molecular flexibility index (Phi) is 3.05. The van der Waals surface area contributed by atoms with Crippen molar-refractivity contribution in [3.63, 3.8) is 0 Å². The van der Waals surface area contributed by atoms with Crippen LogP contribution in [0.15, 0.2) is 24.5 Å². The van der Waals surface area contributed by atoms with Gasteiger partial charge in [0, 0.05) is 18.9 Å². The second kappa shape index (κ2) is 4.09. The average Bonchev–Trinajstić information content (AvgIpc) is 2.07. The predicted octanol–water partition coefficient (Wildman–Crippen LogP) is 1.40. The van der Waals surface area contributed by atoms with Crippen molar-refractivity contribution in [2.24, 2.45) is 0 Å². The van der Waals surface area contributed by atoms with Crippen LogP contribution in [0.2, 0.25) is 0 Å². The van der Waals surface area contributed by atoms with E-state index in [-0.39, 0.29) is 0 Å². The quantitative estimate of drug-likeness (QED) is 0.704. The van der Waals surface area contributed by atoms with Crippen molar-refractivity contribution in [2.45, 2.75) is 12.8 Å². The summed E-state index contributed by atoms with van der Waals surface area (Å²) in [5, 5.41) is 3.15. The van der Waals surface area contributed by atoms with Gasteiger partial charge in [-0.15, -0.1) is 0 Å². The standard InChI is InChI=1S/C9H14N2/c1-8(7-10-2)9-3-5-11-6-4-9/h3-6,8,10H,7H2,1-2H3. The van der Waals surface area contributed by atoms with E-state index in [4.69, 9.17) is 0 Å². The van der Waals surface area contributed by atoms with Crippen LogP contribution in [-0.2, 0) is 0 Å². The van der Waals surface area contributed by atoms with Crippen molar-refractivity contribution in [1.29, 1.82) is 0 Å². The van der Waals surface area contributed by atoms with Crippen LogP contribution in [0.25, 0.3) is 0 Å². The maximum atomic E-state index is 3.97. The lowest BCUT2D eigenvalue weighted by Crippen LogP contribution is -2.14. The zero-order chi connectivity index (χ0) is 8.10. The molecular formula is C9H14N2. The van der Waals surface area contributed by atoms with Gasteiger partial charge in [-0.05, 0) is 30.7 Å². The highest BCUT2D eigenvalue weighted by Gasteiger charge is 2.01. The summed E-state index contributed by atoms with van der Waals surface area (Å²) in [6, 6.07) is 4.12. The molecule has 1 atom stereocenters. The first-order chi connectivity index (χ1) is 5.34. The van der Waals surface area contributed by atoms with Crippen LogP contribution in [0, 0.1) is 0 Å². The molecule has 0 spiro atoms. The van der Waals surface area contributed by atoms with Crippen molar-refractivity contribution in [3.05, 3.63) is 30.1 Å². The van der Waals surface area contributed by atoms with Crippen LogP contribution < -0.4 is 5.32 Å². The van der Waals surface area contributed by atoms with Crippen LogP contribution in [0.3, 0.4) is 0 Å². The van der Waals surface area contributed by atoms with E-state index in [1.165, 1.54) is 5.56 Å². The molecule has 1 aromatic rings. The predicted molar refractivity (Wildman–Crippen MR) is 46.6 cm³/mol. The van der Waals surface area contributed by atoms with Gasteiger partial charge in [-0.25, -0.2) is 0 Å². The van der Waals surface area contributed by atoms with Gasteiger partial charge in [0.1, 0.15) is 0 Å². The average molecular weight is 150 g/mol. The van der Waals surface area contributed by atoms with E-state index in [2.05, 4.69) is 29.4 Å². The Bertz CT molecular complexity index is 196. The Labute approximate surface area is 67.7 Å². The van der Waals surface area contributed by atoms with Crippen molar-refractivity contribution in [1.82, 2.24) is 10.3 Å². The number of nitrogens with one attached hydrogen (secondary N) is 1. The first-order valence-electron chi connectivity index (χ1n) is 3.89. The monoisotopic (exact) mass is 150 g/mol. The molecular weight excluding hydrogens is 136 g/mol. The molecule has 1 aromatic heterocycles. The fourth-order valence-electron chi connectivity index (χ4n) is 1.12. The van der Waals surface area contributed by atoms with Crippen LogP contribution in [-0.4, -0.2) is 18.6 Å². The largest absolute Gasteiger partial charge is 0.319 e. The first kappa shape index (κ1) is 8.21. The summed E-state index contributed by atoms with van der Waals surface area (Å²) in [5.41, 5.74) is 1.34. The van der Waals surface area contributed by atoms with Crippen molar-refractivity contribution in [2.75, 3.05) is 13.6 Å². The van der Waals surface area contributed by atoms with Gasteiger partial charge in [-0.2, -0.15) is 0 Å². The van der Waals surface area contributed by atoms with E-state index in [1.807, 2.05) is 19.4 Å². The summed E-state index contributed by atoms with van der Waals surface area (Å²) in [7, 11) is 1.97. The molecule has 0 fully saturated rings. The van der Waals surface area contributed by atoms with Crippen LogP contribution >= 0.6 is 0 Å². The van der Waals surface area contributed by atoms with Gasteiger partial charge in [-0.1, -0.05) is 6.92 Å². The third kappa shape index (κ3) is 2.31. The van der Waals surface area contributed by atoms with Gasteiger partial charge in [0.05, 0.1) is 0 Å². The van der Waals surface area contributed by atoms with Gasteiger partial charge in [-0.3, -0.25) is 4.98 Å². The third-order valence-electron chi connectivity index (χ3n) is 1.79. The summed E-state index contributed by atoms with van der Waals surface area (Å²) >= 11 is 0. The molecule has 60 valence electrons. The summed E-state index contributed by atoms with van der Waals surface area (Å²) < 4.78 is 0. The summed E-state index contributed by atoms with van der Waals surface area (Å²) in [6.07, 6.45) is 3.67. The van der Waals surface area contributed by atoms with E-state index >= 15 is 0 Å². The third-order valence-corrected chi connectivity index (χ3v) is 1.79. The normalized spacial score (nSPS) is 12.9. The lowest BCUT2D eigenvalue weighted by Gasteiger charge is -2.09. The van der Waals surface area contributed by atoms with Crippen LogP contribution in [0.4, 0.5) is 0 Å². The van der Waals surface area contributed by atoms with E-state index < -0.39 is 0 Å². The Balaban J connectivity index is 2.61. The van der Waals surface area contributed by atoms with Gasteiger partial charge in [0.2, 0.25) is 0 Å². The molecule has 0 bridgehead atoms. The van der Waals surface area contributed by atoms with Crippen molar-refractivity contribution in [3.8, 4) is 0 Å². The molecule has 2 heteroatoms. The molecule has 1 heterocycles. The fraction of sp³-hybridized carbons (Fsp3) is 0.444. The Morgan fingerprint density at radius 1 is 1.45 bits per heavy atom. The van der Waals surface area contributed by atoms with Gasteiger partial charge < -0.3 is 5.32 Å². The van der Waals surface area contributed by atoms with E-state index in [9.17, 15) is 0 Å². The van der Waals surface area contributed by atoms with Gasteiger partial charge in [0.25, 0.3) is 0 Å². The molecule has 0 aromatic carbocycles. The maximum absolute atomic E-state index is 3.97. The second-order valence-electron chi connectivity index (χ2n) is 2.74. The lowest BCUT2D eigenvalue weighted by molar-refractivity contribution is 0.677.